The minimum atomic E-state index is -4.87. The number of carbonyl (C=O) groups excluding carboxylic acids is 1. The molecule has 1 heterocycles. The number of halogens is 5. The molecule has 28 heavy (non-hydrogen) atoms. The van der Waals surface area contributed by atoms with E-state index in [2.05, 4.69) is 20.6 Å². The Labute approximate surface area is 163 Å². The molecule has 0 aliphatic heterocycles. The van der Waals surface area contributed by atoms with Crippen LogP contribution in [0.3, 0.4) is 0 Å². The first-order chi connectivity index (χ1) is 13.2. The summed E-state index contributed by atoms with van der Waals surface area (Å²) in [4.78, 5) is 19.4. The Bertz CT molecular complexity index is 869. The summed E-state index contributed by atoms with van der Waals surface area (Å²) in [6, 6.07) is 3.35. The highest BCUT2D eigenvalue weighted by atomic mass is 35.5. The molecule has 2 N–H and O–H groups in total. The van der Waals surface area contributed by atoms with Crippen LogP contribution < -0.4 is 10.6 Å². The zero-order valence-corrected chi connectivity index (χ0v) is 15.4. The molecule has 10 heteroatoms. The first kappa shape index (κ1) is 20.3. The number of nitrogens with one attached hydrogen (secondary N) is 2. The molecule has 0 radical (unpaired) electrons. The lowest BCUT2D eigenvalue weighted by atomic mass is 10.1. The maximum atomic E-state index is 13.4. The molecule has 1 aliphatic rings. The monoisotopic (exact) mass is 416 g/mol. The van der Waals surface area contributed by atoms with Crippen LogP contribution in [-0.2, 0) is 6.18 Å². The van der Waals surface area contributed by atoms with Crippen molar-refractivity contribution in [2.24, 2.45) is 5.92 Å². The lowest BCUT2D eigenvalue weighted by Crippen LogP contribution is -2.31. The zero-order chi connectivity index (χ0) is 20.3. The zero-order valence-electron chi connectivity index (χ0n) is 14.6. The molecular weight excluding hydrogens is 400 g/mol. The Morgan fingerprint density at radius 1 is 1.25 bits per heavy atom. The molecule has 0 saturated heterocycles. The lowest BCUT2D eigenvalue weighted by molar-refractivity contribution is -0.141. The van der Waals surface area contributed by atoms with Crippen LogP contribution in [0.5, 0.6) is 0 Å². The van der Waals surface area contributed by atoms with Crippen molar-refractivity contribution in [3.05, 3.63) is 46.5 Å². The van der Waals surface area contributed by atoms with Gasteiger partial charge in [-0.2, -0.15) is 13.2 Å². The van der Waals surface area contributed by atoms with E-state index in [9.17, 15) is 22.4 Å². The highest BCUT2D eigenvalue weighted by Gasteiger charge is 2.38. The summed E-state index contributed by atoms with van der Waals surface area (Å²) in [6.07, 6.45) is -0.0678. The Morgan fingerprint density at radius 2 is 1.96 bits per heavy atom. The number of hydrogen-bond acceptors (Lipinski definition) is 4. The van der Waals surface area contributed by atoms with Crippen molar-refractivity contribution in [1.82, 2.24) is 15.3 Å². The summed E-state index contributed by atoms with van der Waals surface area (Å²) in [7, 11) is 0. The molecule has 0 bridgehead atoms. The van der Waals surface area contributed by atoms with Gasteiger partial charge in [-0.3, -0.25) is 4.79 Å². The van der Waals surface area contributed by atoms with Crippen LogP contribution >= 0.6 is 11.6 Å². The fraction of sp³-hybridized carbons (Fsp3) is 0.389. The number of anilines is 2. The molecule has 1 aromatic carbocycles. The molecule has 1 aromatic heterocycles. The van der Waals surface area contributed by atoms with Crippen LogP contribution in [0.1, 0.15) is 41.7 Å². The Morgan fingerprint density at radius 3 is 2.64 bits per heavy atom. The van der Waals surface area contributed by atoms with Gasteiger partial charge in [0, 0.05) is 12.7 Å². The molecule has 0 atom stereocenters. The second-order valence-electron chi connectivity index (χ2n) is 6.56. The number of amides is 1. The molecule has 1 saturated carbocycles. The Kier molecular flexibility index (Phi) is 6.02. The lowest BCUT2D eigenvalue weighted by Gasteiger charge is -2.15. The number of alkyl halides is 3. The van der Waals surface area contributed by atoms with Crippen molar-refractivity contribution in [1.29, 1.82) is 0 Å². The van der Waals surface area contributed by atoms with Crippen molar-refractivity contribution in [2.75, 3.05) is 11.9 Å². The minimum absolute atomic E-state index is 0.00762. The molecular formula is C18H17ClF4N4O. The molecule has 0 spiro atoms. The van der Waals surface area contributed by atoms with E-state index >= 15 is 0 Å². The van der Waals surface area contributed by atoms with Gasteiger partial charge in [0.1, 0.15) is 5.82 Å². The second-order valence-corrected chi connectivity index (χ2v) is 6.97. The average Bonchev–Trinajstić information content (AvgIpc) is 3.15. The Balaban J connectivity index is 1.83. The van der Waals surface area contributed by atoms with E-state index in [0.717, 1.165) is 44.0 Å². The first-order valence-electron chi connectivity index (χ1n) is 8.68. The number of aromatic nitrogens is 2. The largest absolute Gasteiger partial charge is 0.434 e. The van der Waals surface area contributed by atoms with Crippen LogP contribution in [0.25, 0.3) is 0 Å². The van der Waals surface area contributed by atoms with Gasteiger partial charge in [0.2, 0.25) is 5.95 Å². The van der Waals surface area contributed by atoms with E-state index in [4.69, 9.17) is 11.6 Å². The smallest absolute Gasteiger partial charge is 0.352 e. The van der Waals surface area contributed by atoms with E-state index < -0.39 is 35.1 Å². The van der Waals surface area contributed by atoms with E-state index in [0.29, 0.717) is 6.54 Å². The fourth-order valence-corrected chi connectivity index (χ4v) is 3.25. The molecule has 150 valence electrons. The SMILES string of the molecule is O=C(NCC1CCCC1)c1cnc(Nc2cc(F)ccc2Cl)nc1C(F)(F)F. The third-order valence-corrected chi connectivity index (χ3v) is 4.83. The van der Waals surface area contributed by atoms with Gasteiger partial charge in [0.05, 0.1) is 16.3 Å². The highest BCUT2D eigenvalue weighted by Crippen LogP contribution is 2.32. The summed E-state index contributed by atoms with van der Waals surface area (Å²) >= 11 is 5.89. The van der Waals surface area contributed by atoms with Crippen molar-refractivity contribution in [3.63, 3.8) is 0 Å². The predicted octanol–water partition coefficient (Wildman–Crippen LogP) is 4.95. The van der Waals surface area contributed by atoms with Crippen LogP contribution in [0, 0.1) is 11.7 Å². The minimum Gasteiger partial charge on any atom is -0.352 e. The number of benzene rings is 1. The predicted molar refractivity (Wildman–Crippen MR) is 96.0 cm³/mol. The van der Waals surface area contributed by atoms with Gasteiger partial charge in [0.15, 0.2) is 5.69 Å². The maximum Gasteiger partial charge on any atom is 0.434 e. The summed E-state index contributed by atoms with van der Waals surface area (Å²) < 4.78 is 53.6. The molecule has 1 amide bonds. The van der Waals surface area contributed by atoms with Gasteiger partial charge in [-0.1, -0.05) is 24.4 Å². The van der Waals surface area contributed by atoms with Gasteiger partial charge in [-0.05, 0) is 37.0 Å². The maximum absolute atomic E-state index is 13.4. The van der Waals surface area contributed by atoms with Crippen LogP contribution in [0.2, 0.25) is 5.02 Å². The number of carbonyl (C=O) groups is 1. The molecule has 5 nitrogen and oxygen atoms in total. The van der Waals surface area contributed by atoms with E-state index in [1.165, 1.54) is 6.07 Å². The van der Waals surface area contributed by atoms with Gasteiger partial charge in [0.25, 0.3) is 5.91 Å². The molecule has 0 unspecified atom stereocenters. The summed E-state index contributed by atoms with van der Waals surface area (Å²) in [5.74, 6) is -1.69. The van der Waals surface area contributed by atoms with Crippen molar-refractivity contribution >= 4 is 29.1 Å². The summed E-state index contributed by atoms with van der Waals surface area (Å²) in [6.45, 7) is 0.315. The van der Waals surface area contributed by atoms with E-state index in [1.807, 2.05) is 0 Å². The Hall–Kier alpha value is -2.42. The third kappa shape index (κ3) is 4.89. The molecule has 1 aliphatic carbocycles. The summed E-state index contributed by atoms with van der Waals surface area (Å²) in [5, 5.41) is 5.05. The normalized spacial score (nSPS) is 14.9. The molecule has 2 aromatic rings. The summed E-state index contributed by atoms with van der Waals surface area (Å²) in [5.41, 5.74) is -2.03. The van der Waals surface area contributed by atoms with Crippen molar-refractivity contribution in [3.8, 4) is 0 Å². The second kappa shape index (κ2) is 8.30. The fourth-order valence-electron chi connectivity index (χ4n) is 3.08. The topological polar surface area (TPSA) is 66.9 Å². The number of nitrogens with zero attached hydrogens (tertiary/aromatic N) is 2. The van der Waals surface area contributed by atoms with Gasteiger partial charge >= 0.3 is 6.18 Å². The third-order valence-electron chi connectivity index (χ3n) is 4.50. The van der Waals surface area contributed by atoms with Crippen molar-refractivity contribution in [2.45, 2.75) is 31.9 Å². The number of rotatable bonds is 5. The van der Waals surface area contributed by atoms with E-state index in [-0.39, 0.29) is 16.6 Å². The van der Waals surface area contributed by atoms with E-state index in [1.54, 1.807) is 0 Å². The van der Waals surface area contributed by atoms with Gasteiger partial charge in [-0.25, -0.2) is 14.4 Å². The van der Waals surface area contributed by atoms with Gasteiger partial charge in [-0.15, -0.1) is 0 Å². The molecule has 1 fully saturated rings. The standard InChI is InChI=1S/C18H17ClF4N4O/c19-13-6-5-11(20)7-14(13)26-17-25-9-12(15(27-17)18(21,22)23)16(28)24-8-10-3-1-2-4-10/h5-7,9-10H,1-4,8H2,(H,24,28)(H,25,26,27). The highest BCUT2D eigenvalue weighted by molar-refractivity contribution is 6.33. The van der Waals surface area contributed by atoms with Gasteiger partial charge < -0.3 is 10.6 Å². The number of hydrogen-bond donors (Lipinski definition) is 2. The quantitative estimate of drug-likeness (QED) is 0.677. The average molecular weight is 417 g/mol. The van der Waals surface area contributed by atoms with Crippen LogP contribution in [-0.4, -0.2) is 22.4 Å². The van der Waals surface area contributed by atoms with Crippen LogP contribution in [0.4, 0.5) is 29.2 Å². The molecule has 3 rings (SSSR count). The van der Waals surface area contributed by atoms with Crippen LogP contribution in [0.15, 0.2) is 24.4 Å². The van der Waals surface area contributed by atoms with Crippen molar-refractivity contribution < 1.29 is 22.4 Å². The first-order valence-corrected chi connectivity index (χ1v) is 9.06.